The normalized spacial score (nSPS) is 18.1. The molecule has 2 aromatic carbocycles. The van der Waals surface area contributed by atoms with Crippen molar-refractivity contribution >= 4 is 5.91 Å². The molecule has 0 fully saturated rings. The predicted octanol–water partition coefficient (Wildman–Crippen LogP) is 1.29. The van der Waals surface area contributed by atoms with E-state index in [1.165, 1.54) is 18.1 Å². The van der Waals surface area contributed by atoms with E-state index >= 15 is 0 Å². The number of rotatable bonds is 8. The molecule has 2 N–H and O–H groups in total. The Kier molecular flexibility index (Phi) is 7.06. The summed E-state index contributed by atoms with van der Waals surface area (Å²) < 4.78 is 30.1. The molecule has 0 radical (unpaired) electrons. The molecule has 1 amide bonds. The molecule has 1 heterocycles. The fraction of sp³-hybridized carbons (Fsp3) is 0.409. The number of carbonyl (C=O) groups excluding carboxylic acids is 1. The van der Waals surface area contributed by atoms with Gasteiger partial charge in [0.25, 0.3) is 0 Å². The van der Waals surface area contributed by atoms with Gasteiger partial charge in [-0.1, -0.05) is 18.2 Å². The van der Waals surface area contributed by atoms with E-state index in [0.717, 1.165) is 24.1 Å². The molecule has 0 saturated heterocycles. The van der Waals surface area contributed by atoms with Crippen molar-refractivity contribution < 1.29 is 28.3 Å². The number of hydrogen-bond acceptors (Lipinski definition) is 4. The summed E-state index contributed by atoms with van der Waals surface area (Å²) in [5.41, 5.74) is 2.91. The lowest BCUT2D eigenvalue weighted by Crippen LogP contribution is -3.12. The third-order valence-corrected chi connectivity index (χ3v) is 5.38. The van der Waals surface area contributed by atoms with Gasteiger partial charge in [-0.2, -0.15) is 0 Å². The monoisotopic (exact) mass is 403 g/mol. The minimum absolute atomic E-state index is 0.00809. The van der Waals surface area contributed by atoms with Gasteiger partial charge in [-0.05, 0) is 23.8 Å². The lowest BCUT2D eigenvalue weighted by Gasteiger charge is -2.35. The second-order valence-electron chi connectivity index (χ2n) is 7.12. The smallest absolute Gasteiger partial charge is 0.246 e. The Morgan fingerprint density at radius 2 is 1.90 bits per heavy atom. The standard InChI is InChI=1S/C22H27FN2O4/c1-27-14-22(26)24-12-19-17-11-21(29-3)20(28-2)10-15(17)8-9-25(19)13-16-6-4-5-7-18(16)23/h4-7,10-11,19H,8-9,12-14H2,1-3H3,(H,24,26)/p+1/t19-/m0/s1. The van der Waals surface area contributed by atoms with Crippen molar-refractivity contribution in [1.82, 2.24) is 5.32 Å². The number of halogens is 1. The third kappa shape index (κ3) is 4.86. The minimum atomic E-state index is -0.208. The molecule has 0 aromatic heterocycles. The van der Waals surface area contributed by atoms with Crippen LogP contribution in [0.5, 0.6) is 11.5 Å². The van der Waals surface area contributed by atoms with Gasteiger partial charge >= 0.3 is 0 Å². The fourth-order valence-electron chi connectivity index (χ4n) is 3.92. The molecule has 0 bridgehead atoms. The number of methoxy groups -OCH3 is 3. The second-order valence-corrected chi connectivity index (χ2v) is 7.12. The number of hydrogen-bond donors (Lipinski definition) is 2. The molecule has 6 nitrogen and oxygen atoms in total. The van der Waals surface area contributed by atoms with E-state index in [0.29, 0.717) is 30.2 Å². The van der Waals surface area contributed by atoms with Crippen molar-refractivity contribution in [2.45, 2.75) is 19.0 Å². The Morgan fingerprint density at radius 3 is 2.59 bits per heavy atom. The highest BCUT2D eigenvalue weighted by atomic mass is 19.1. The Morgan fingerprint density at radius 1 is 1.17 bits per heavy atom. The lowest BCUT2D eigenvalue weighted by molar-refractivity contribution is -0.946. The highest BCUT2D eigenvalue weighted by Gasteiger charge is 2.33. The van der Waals surface area contributed by atoms with Crippen molar-refractivity contribution in [3.05, 3.63) is 58.9 Å². The van der Waals surface area contributed by atoms with Gasteiger partial charge in [0.1, 0.15) is 25.0 Å². The number of benzene rings is 2. The van der Waals surface area contributed by atoms with E-state index in [-0.39, 0.29) is 24.4 Å². The summed E-state index contributed by atoms with van der Waals surface area (Å²) in [6.45, 7) is 1.79. The fourth-order valence-corrected chi connectivity index (χ4v) is 3.92. The summed E-state index contributed by atoms with van der Waals surface area (Å²) in [5.74, 6) is 0.947. The number of nitrogens with one attached hydrogen (secondary N) is 2. The molecule has 29 heavy (non-hydrogen) atoms. The molecule has 1 aliphatic heterocycles. The van der Waals surface area contributed by atoms with Crippen molar-refractivity contribution in [2.75, 3.05) is 41.0 Å². The maximum Gasteiger partial charge on any atom is 0.246 e. The molecule has 156 valence electrons. The quantitative estimate of drug-likeness (QED) is 0.697. The average molecular weight is 403 g/mol. The Hall–Kier alpha value is -2.64. The van der Waals surface area contributed by atoms with Gasteiger partial charge in [0, 0.05) is 24.7 Å². The van der Waals surface area contributed by atoms with E-state index < -0.39 is 0 Å². The first-order valence-electron chi connectivity index (χ1n) is 9.65. The van der Waals surface area contributed by atoms with Crippen molar-refractivity contribution in [1.29, 1.82) is 0 Å². The first-order valence-corrected chi connectivity index (χ1v) is 9.65. The maximum atomic E-state index is 14.3. The van der Waals surface area contributed by atoms with E-state index in [1.54, 1.807) is 20.3 Å². The lowest BCUT2D eigenvalue weighted by atomic mass is 9.91. The Labute approximate surface area is 170 Å². The van der Waals surface area contributed by atoms with Crippen LogP contribution in [0, 0.1) is 5.82 Å². The van der Waals surface area contributed by atoms with Crippen LogP contribution in [0.25, 0.3) is 0 Å². The zero-order valence-corrected chi connectivity index (χ0v) is 17.1. The second kappa shape index (κ2) is 9.71. The van der Waals surface area contributed by atoms with Crippen LogP contribution in [0.1, 0.15) is 22.7 Å². The van der Waals surface area contributed by atoms with E-state index in [9.17, 15) is 9.18 Å². The number of fused-ring (bicyclic) bond motifs is 1. The molecular formula is C22H28FN2O4+. The highest BCUT2D eigenvalue weighted by Crippen LogP contribution is 2.34. The van der Waals surface area contributed by atoms with Gasteiger partial charge in [-0.25, -0.2) is 4.39 Å². The van der Waals surface area contributed by atoms with E-state index in [1.807, 2.05) is 24.3 Å². The van der Waals surface area contributed by atoms with Gasteiger partial charge in [-0.3, -0.25) is 4.79 Å². The maximum absolute atomic E-state index is 14.3. The summed E-state index contributed by atoms with van der Waals surface area (Å²) >= 11 is 0. The predicted molar refractivity (Wildman–Crippen MR) is 107 cm³/mol. The number of carbonyl (C=O) groups is 1. The average Bonchev–Trinajstić information content (AvgIpc) is 2.73. The van der Waals surface area contributed by atoms with Crippen LogP contribution >= 0.6 is 0 Å². The zero-order chi connectivity index (χ0) is 20.8. The third-order valence-electron chi connectivity index (χ3n) is 5.38. The Bertz CT molecular complexity index is 859. The van der Waals surface area contributed by atoms with E-state index in [4.69, 9.17) is 14.2 Å². The molecular weight excluding hydrogens is 375 g/mol. The summed E-state index contributed by atoms with van der Waals surface area (Å²) in [4.78, 5) is 13.2. The van der Waals surface area contributed by atoms with Crippen LogP contribution in [-0.2, 0) is 22.5 Å². The van der Waals surface area contributed by atoms with E-state index in [2.05, 4.69) is 5.32 Å². The molecule has 0 saturated carbocycles. The Balaban J connectivity index is 1.92. The van der Waals surface area contributed by atoms with Crippen LogP contribution < -0.4 is 19.7 Å². The number of ether oxygens (including phenoxy) is 3. The van der Waals surface area contributed by atoms with Crippen LogP contribution in [-0.4, -0.2) is 46.9 Å². The topological polar surface area (TPSA) is 61.2 Å². The SMILES string of the molecule is COCC(=O)NC[C@H]1c2cc(OC)c(OC)cc2CC[NH+]1Cc1ccccc1F. The molecule has 0 aliphatic carbocycles. The molecule has 2 aromatic rings. The van der Waals surface area contributed by atoms with Crippen molar-refractivity contribution in [3.8, 4) is 11.5 Å². The van der Waals surface area contributed by atoms with Crippen LogP contribution in [0.15, 0.2) is 36.4 Å². The first kappa shape index (κ1) is 21.1. The summed E-state index contributed by atoms with van der Waals surface area (Å²) in [7, 11) is 4.71. The molecule has 7 heteroatoms. The zero-order valence-electron chi connectivity index (χ0n) is 17.1. The van der Waals surface area contributed by atoms with Gasteiger partial charge in [0.05, 0.1) is 27.3 Å². The first-order chi connectivity index (χ1) is 14.1. The summed E-state index contributed by atoms with van der Waals surface area (Å²) in [5, 5.41) is 2.94. The number of amides is 1. The van der Waals surface area contributed by atoms with Crippen molar-refractivity contribution in [2.24, 2.45) is 0 Å². The summed E-state index contributed by atoms with van der Waals surface area (Å²) in [6, 6.07) is 10.8. The molecule has 1 aliphatic rings. The number of quaternary nitrogens is 1. The van der Waals surface area contributed by atoms with Crippen LogP contribution in [0.4, 0.5) is 4.39 Å². The minimum Gasteiger partial charge on any atom is -0.493 e. The van der Waals surface area contributed by atoms with Crippen molar-refractivity contribution in [3.63, 3.8) is 0 Å². The molecule has 2 atom stereocenters. The molecule has 3 rings (SSSR count). The summed E-state index contributed by atoms with van der Waals surface area (Å²) in [6.07, 6.45) is 0.835. The highest BCUT2D eigenvalue weighted by molar-refractivity contribution is 5.77. The molecule has 1 unspecified atom stereocenters. The van der Waals surface area contributed by atoms with Crippen LogP contribution in [0.3, 0.4) is 0 Å². The van der Waals surface area contributed by atoms with Gasteiger partial charge < -0.3 is 24.4 Å². The largest absolute Gasteiger partial charge is 0.493 e. The molecule has 0 spiro atoms. The van der Waals surface area contributed by atoms with Gasteiger partial charge in [0.15, 0.2) is 11.5 Å². The van der Waals surface area contributed by atoms with Crippen LogP contribution in [0.2, 0.25) is 0 Å². The van der Waals surface area contributed by atoms with Gasteiger partial charge in [0.2, 0.25) is 5.91 Å². The van der Waals surface area contributed by atoms with Gasteiger partial charge in [-0.15, -0.1) is 0 Å².